The summed E-state index contributed by atoms with van der Waals surface area (Å²) in [6.07, 6.45) is 5.06. The first-order valence-electron chi connectivity index (χ1n) is 6.52. The molecule has 0 atom stereocenters. The number of carbonyl (C=O) groups is 4. The molecule has 0 N–H and O–H groups in total. The SMILES string of the molecule is CN1C(=O)C=CC1=O.Cc1ccc(N2C(=O)C=CC2=O)cc1. The smallest absolute Gasteiger partial charge is 0.258 e. The van der Waals surface area contributed by atoms with Crippen LogP contribution in [0.25, 0.3) is 0 Å². The van der Waals surface area contributed by atoms with E-state index < -0.39 is 0 Å². The molecule has 0 radical (unpaired) electrons. The van der Waals surface area contributed by atoms with Crippen molar-refractivity contribution in [2.45, 2.75) is 6.92 Å². The topological polar surface area (TPSA) is 74.8 Å². The van der Waals surface area contributed by atoms with Crippen LogP contribution in [0.5, 0.6) is 0 Å². The highest BCUT2D eigenvalue weighted by molar-refractivity contribution is 6.28. The van der Waals surface area contributed by atoms with Gasteiger partial charge in [-0.1, -0.05) is 17.7 Å². The van der Waals surface area contributed by atoms with Crippen molar-refractivity contribution >= 4 is 29.3 Å². The Kier molecular flexibility index (Phi) is 4.31. The zero-order valence-corrected chi connectivity index (χ0v) is 12.1. The predicted molar refractivity (Wildman–Crippen MR) is 79.7 cm³/mol. The normalized spacial score (nSPS) is 16.5. The summed E-state index contributed by atoms with van der Waals surface area (Å²) in [5.41, 5.74) is 1.72. The Balaban J connectivity index is 0.000000188. The molecule has 0 saturated heterocycles. The van der Waals surface area contributed by atoms with Gasteiger partial charge in [-0.2, -0.15) is 0 Å². The molecule has 0 saturated carbocycles. The summed E-state index contributed by atoms with van der Waals surface area (Å²) < 4.78 is 0. The minimum Gasteiger partial charge on any atom is -0.279 e. The molecule has 2 aliphatic rings. The molecule has 22 heavy (non-hydrogen) atoms. The van der Waals surface area contributed by atoms with Crippen LogP contribution >= 0.6 is 0 Å². The second kappa shape index (κ2) is 6.17. The Hall–Kier alpha value is -3.02. The van der Waals surface area contributed by atoms with Crippen LogP contribution in [0.1, 0.15) is 5.56 Å². The fourth-order valence-electron chi connectivity index (χ4n) is 1.82. The van der Waals surface area contributed by atoms with Crippen LogP contribution < -0.4 is 4.90 Å². The van der Waals surface area contributed by atoms with Crippen molar-refractivity contribution in [2.24, 2.45) is 0 Å². The van der Waals surface area contributed by atoms with Crippen LogP contribution in [0.3, 0.4) is 0 Å². The van der Waals surface area contributed by atoms with Crippen molar-refractivity contribution in [3.05, 3.63) is 54.1 Å². The number of likely N-dealkylation sites (N-methyl/N-ethyl adjacent to an activating group) is 1. The van der Waals surface area contributed by atoms with Crippen LogP contribution in [0.4, 0.5) is 5.69 Å². The van der Waals surface area contributed by atoms with Gasteiger partial charge in [0.25, 0.3) is 23.6 Å². The van der Waals surface area contributed by atoms with Crippen molar-refractivity contribution in [3.63, 3.8) is 0 Å². The van der Waals surface area contributed by atoms with E-state index in [1.54, 1.807) is 12.1 Å². The van der Waals surface area contributed by atoms with Crippen LogP contribution in [0.15, 0.2) is 48.6 Å². The largest absolute Gasteiger partial charge is 0.279 e. The van der Waals surface area contributed by atoms with E-state index in [1.807, 2.05) is 19.1 Å². The van der Waals surface area contributed by atoms with Crippen LogP contribution in [0.2, 0.25) is 0 Å². The highest BCUT2D eigenvalue weighted by Crippen LogP contribution is 2.18. The molecular weight excluding hydrogens is 284 g/mol. The molecule has 3 rings (SSSR count). The van der Waals surface area contributed by atoms with Gasteiger partial charge in [0.05, 0.1) is 5.69 Å². The van der Waals surface area contributed by atoms with E-state index in [0.29, 0.717) is 5.69 Å². The molecule has 0 unspecified atom stereocenters. The third-order valence-corrected chi connectivity index (χ3v) is 3.13. The minimum atomic E-state index is -0.279. The Morgan fingerprint density at radius 2 is 1.09 bits per heavy atom. The second-order valence-electron chi connectivity index (χ2n) is 4.75. The van der Waals surface area contributed by atoms with Gasteiger partial charge in [0.15, 0.2) is 0 Å². The average molecular weight is 298 g/mol. The van der Waals surface area contributed by atoms with E-state index in [2.05, 4.69) is 0 Å². The molecule has 0 spiro atoms. The van der Waals surface area contributed by atoms with Gasteiger partial charge < -0.3 is 0 Å². The van der Waals surface area contributed by atoms with Gasteiger partial charge in [-0.15, -0.1) is 0 Å². The number of hydrogen-bond donors (Lipinski definition) is 0. The van der Waals surface area contributed by atoms with Gasteiger partial charge in [-0.05, 0) is 19.1 Å². The molecule has 6 heteroatoms. The molecular formula is C16H14N2O4. The molecule has 1 aromatic carbocycles. The van der Waals surface area contributed by atoms with E-state index in [0.717, 1.165) is 15.4 Å². The third-order valence-electron chi connectivity index (χ3n) is 3.13. The molecule has 1 aromatic rings. The lowest BCUT2D eigenvalue weighted by Gasteiger charge is -2.13. The van der Waals surface area contributed by atoms with Gasteiger partial charge in [-0.3, -0.25) is 24.1 Å². The summed E-state index contributed by atoms with van der Waals surface area (Å²) >= 11 is 0. The molecule has 4 amide bonds. The predicted octanol–water partition coefficient (Wildman–Crippen LogP) is 0.966. The highest BCUT2D eigenvalue weighted by Gasteiger charge is 2.24. The number of benzene rings is 1. The Bertz CT molecular complexity index is 665. The van der Waals surface area contributed by atoms with E-state index in [4.69, 9.17) is 0 Å². The van der Waals surface area contributed by atoms with Crippen LogP contribution in [0, 0.1) is 6.92 Å². The first-order valence-corrected chi connectivity index (χ1v) is 6.52. The summed E-state index contributed by atoms with van der Waals surface area (Å²) in [5.74, 6) is -1.04. The standard InChI is InChI=1S/C11H9NO2.C5H5NO2/c1-8-2-4-9(5-3-8)12-10(13)6-7-11(12)14;1-6-4(7)2-3-5(6)8/h2-7H,1H3;2-3H,1H3. The Labute approximate surface area is 127 Å². The lowest BCUT2D eigenvalue weighted by atomic mass is 10.2. The van der Waals surface area contributed by atoms with Gasteiger partial charge in [0, 0.05) is 31.4 Å². The van der Waals surface area contributed by atoms with Crippen molar-refractivity contribution < 1.29 is 19.2 Å². The molecule has 0 aromatic heterocycles. The number of imide groups is 2. The first-order chi connectivity index (χ1) is 10.4. The van der Waals surface area contributed by atoms with Crippen molar-refractivity contribution in [1.29, 1.82) is 0 Å². The number of rotatable bonds is 1. The zero-order chi connectivity index (χ0) is 16.3. The van der Waals surface area contributed by atoms with Crippen LogP contribution in [-0.2, 0) is 19.2 Å². The highest BCUT2D eigenvalue weighted by atomic mass is 16.2. The molecule has 0 bridgehead atoms. The number of aryl methyl sites for hydroxylation is 1. The first kappa shape index (κ1) is 15.4. The van der Waals surface area contributed by atoms with Crippen LogP contribution in [-0.4, -0.2) is 35.6 Å². The van der Waals surface area contributed by atoms with Gasteiger partial charge in [0.2, 0.25) is 0 Å². The number of carbonyl (C=O) groups excluding carboxylic acids is 4. The third kappa shape index (κ3) is 3.17. The maximum Gasteiger partial charge on any atom is 0.258 e. The number of anilines is 1. The average Bonchev–Trinajstić information content (AvgIpc) is 2.98. The van der Waals surface area contributed by atoms with Gasteiger partial charge in [0.1, 0.15) is 0 Å². The molecule has 0 aliphatic carbocycles. The zero-order valence-electron chi connectivity index (χ0n) is 12.1. The molecule has 112 valence electrons. The number of nitrogens with zero attached hydrogens (tertiary/aromatic N) is 2. The van der Waals surface area contributed by atoms with Gasteiger partial charge >= 0.3 is 0 Å². The summed E-state index contributed by atoms with van der Waals surface area (Å²) in [6, 6.07) is 7.26. The van der Waals surface area contributed by atoms with Crippen molar-refractivity contribution in [2.75, 3.05) is 11.9 Å². The number of hydrogen-bond acceptors (Lipinski definition) is 4. The maximum absolute atomic E-state index is 11.3. The van der Waals surface area contributed by atoms with E-state index >= 15 is 0 Å². The maximum atomic E-state index is 11.3. The molecule has 2 heterocycles. The molecule has 2 aliphatic heterocycles. The number of amides is 4. The second-order valence-corrected chi connectivity index (χ2v) is 4.75. The van der Waals surface area contributed by atoms with E-state index in [-0.39, 0.29) is 23.6 Å². The Morgan fingerprint density at radius 1 is 0.682 bits per heavy atom. The quantitative estimate of drug-likeness (QED) is 0.724. The molecule has 6 nitrogen and oxygen atoms in total. The summed E-state index contributed by atoms with van der Waals surface area (Å²) in [5, 5.41) is 0. The lowest BCUT2D eigenvalue weighted by molar-refractivity contribution is -0.135. The monoisotopic (exact) mass is 298 g/mol. The van der Waals surface area contributed by atoms with Gasteiger partial charge in [-0.25, -0.2) is 4.90 Å². The van der Waals surface area contributed by atoms with Crippen molar-refractivity contribution in [1.82, 2.24) is 4.90 Å². The summed E-state index contributed by atoms with van der Waals surface area (Å²) in [6.45, 7) is 1.95. The van der Waals surface area contributed by atoms with E-state index in [9.17, 15) is 19.2 Å². The molecule has 0 fully saturated rings. The van der Waals surface area contributed by atoms with E-state index in [1.165, 1.54) is 31.4 Å². The summed E-state index contributed by atoms with van der Waals surface area (Å²) in [4.78, 5) is 45.6. The lowest BCUT2D eigenvalue weighted by Crippen LogP contribution is -2.29. The minimum absolute atomic E-state index is 0.241. The summed E-state index contributed by atoms with van der Waals surface area (Å²) in [7, 11) is 1.45. The Morgan fingerprint density at radius 3 is 1.45 bits per heavy atom. The fourth-order valence-corrected chi connectivity index (χ4v) is 1.82. The van der Waals surface area contributed by atoms with Crippen molar-refractivity contribution in [3.8, 4) is 0 Å². The fraction of sp³-hybridized carbons (Fsp3) is 0.125.